The molecule has 6 atom stereocenters. The molecule has 7 fully saturated rings. The van der Waals surface area contributed by atoms with Crippen LogP contribution in [0.1, 0.15) is 351 Å². The number of rotatable bonds is 20. The number of amides is 6. The van der Waals surface area contributed by atoms with Crippen LogP contribution in [0, 0.1) is 13.8 Å². The van der Waals surface area contributed by atoms with Gasteiger partial charge in [0, 0.05) is 173 Å². The minimum atomic E-state index is -0.0744. The van der Waals surface area contributed by atoms with Gasteiger partial charge in [-0.05, 0) is 173 Å². The molecule has 19 rings (SSSR count). The molecule has 0 radical (unpaired) electrons. The number of carbonyl (C=O) groups is 6. The number of pyridine rings is 4. The molecule has 6 amide bonds. The lowest BCUT2D eigenvalue weighted by Gasteiger charge is -2.18. The number of anilines is 1. The van der Waals surface area contributed by atoms with Crippen LogP contribution in [0.15, 0.2) is 154 Å². The fourth-order valence-electron chi connectivity index (χ4n) is 17.8. The fraction of sp³-hybridized carbons (Fsp3) is 0.505. The van der Waals surface area contributed by atoms with E-state index in [9.17, 15) is 47.9 Å². The first-order chi connectivity index (χ1) is 65.5. The van der Waals surface area contributed by atoms with Gasteiger partial charge in [0.25, 0.3) is 57.7 Å². The van der Waals surface area contributed by atoms with Gasteiger partial charge in [-0.25, -0.2) is 4.68 Å². The van der Waals surface area contributed by atoms with Gasteiger partial charge in [0.15, 0.2) is 0 Å². The third kappa shape index (κ3) is 23.8. The van der Waals surface area contributed by atoms with E-state index in [0.29, 0.717) is 153 Å². The van der Waals surface area contributed by atoms with Crippen LogP contribution in [0.3, 0.4) is 0 Å². The second-order valence-electron chi connectivity index (χ2n) is 39.1. The maximum Gasteiger partial charge on any atom is 0.274 e. The molecule has 7 aliphatic rings. The van der Waals surface area contributed by atoms with E-state index in [1.54, 1.807) is 64.0 Å². The summed E-state index contributed by atoms with van der Waals surface area (Å²) >= 11 is 0. The molecular weight excluding hydrogens is 1740 g/mol. The Kier molecular flexibility index (Phi) is 31.7. The predicted molar refractivity (Wildman–Crippen MR) is 518 cm³/mol. The van der Waals surface area contributed by atoms with E-state index < -0.39 is 0 Å². The highest BCUT2D eigenvalue weighted by molar-refractivity contribution is 5.95. The first-order valence-electron chi connectivity index (χ1n) is 48.1. The zero-order chi connectivity index (χ0) is 97.9. The molecule has 12 aromatic heterocycles. The van der Waals surface area contributed by atoms with Crippen molar-refractivity contribution in [1.82, 2.24) is 134 Å². The van der Waals surface area contributed by atoms with Crippen LogP contribution in [-0.2, 0) is 0 Å². The first-order valence-corrected chi connectivity index (χ1v) is 48.1. The van der Waals surface area contributed by atoms with E-state index >= 15 is 0 Å². The van der Waals surface area contributed by atoms with Crippen LogP contribution in [0.4, 0.5) is 5.69 Å². The second-order valence-corrected chi connectivity index (χ2v) is 39.1. The highest BCUT2D eigenvalue weighted by atomic mass is 16.2. The van der Waals surface area contributed by atoms with Gasteiger partial charge >= 0.3 is 0 Å². The van der Waals surface area contributed by atoms with E-state index in [1.165, 1.54) is 0 Å². The van der Waals surface area contributed by atoms with Crippen molar-refractivity contribution in [3.05, 3.63) is 267 Å². The number of nitrogen functional groups attached to an aromatic ring is 1. The lowest BCUT2D eigenvalue weighted by Crippen LogP contribution is -2.32. The number of likely N-dealkylation sites (tertiary alicyclic amines) is 6. The van der Waals surface area contributed by atoms with Crippen molar-refractivity contribution in [3.63, 3.8) is 0 Å². The summed E-state index contributed by atoms with van der Waals surface area (Å²) in [7, 11) is 0. The Bertz CT molecular complexity index is 6180. The summed E-state index contributed by atoms with van der Waals surface area (Å²) in [6.45, 7) is 40.0. The summed E-state index contributed by atoms with van der Waals surface area (Å²) < 4.78 is 10.8. The molecule has 12 aromatic rings. The van der Waals surface area contributed by atoms with Crippen LogP contribution in [0.25, 0.3) is 0 Å². The molecule has 18 heterocycles. The minimum Gasteiger partial charge on any atom is -0.396 e. The maximum atomic E-state index is 12.7. The van der Waals surface area contributed by atoms with Gasteiger partial charge < -0.3 is 53.4 Å². The number of aromatic nitrogens is 21. The average molecular weight is 1870 g/mol. The van der Waals surface area contributed by atoms with Crippen molar-refractivity contribution in [2.75, 3.05) is 84.3 Å². The molecule has 1 saturated carbocycles. The zero-order valence-electron chi connectivity index (χ0n) is 81.5. The molecule has 0 bridgehead atoms. The van der Waals surface area contributed by atoms with Gasteiger partial charge in [0.2, 0.25) is 0 Å². The van der Waals surface area contributed by atoms with Crippen molar-refractivity contribution in [3.8, 4) is 0 Å². The molecular formula is C99H132N28O10. The van der Waals surface area contributed by atoms with Gasteiger partial charge in [0.05, 0.1) is 53.8 Å². The number of H-pyrrole nitrogens is 6. The van der Waals surface area contributed by atoms with Crippen molar-refractivity contribution in [1.29, 1.82) is 0 Å². The quantitative estimate of drug-likeness (QED) is 0.0372. The smallest absolute Gasteiger partial charge is 0.274 e. The van der Waals surface area contributed by atoms with Crippen LogP contribution in [0.2, 0.25) is 0 Å². The van der Waals surface area contributed by atoms with Gasteiger partial charge in [-0.3, -0.25) is 83.2 Å². The molecule has 38 heteroatoms. The van der Waals surface area contributed by atoms with E-state index in [-0.39, 0.29) is 99.8 Å². The minimum absolute atomic E-state index is 0.0162. The number of aryl methyl sites for hydroxylation is 2. The Balaban J connectivity index is 0.000000132. The van der Waals surface area contributed by atoms with Gasteiger partial charge in [-0.2, -0.15) is 35.7 Å². The van der Waals surface area contributed by atoms with E-state index in [0.717, 1.165) is 114 Å². The summed E-state index contributed by atoms with van der Waals surface area (Å²) in [5.41, 5.74) is 18.5. The average Bonchev–Trinajstić information content (AvgIpc) is 1.62. The lowest BCUT2D eigenvalue weighted by molar-refractivity contribution is 0.0773. The number of aromatic amines is 6. The molecule has 137 heavy (non-hydrogen) atoms. The normalized spacial score (nSPS) is 18.6. The Morgan fingerprint density at radius 1 is 0.343 bits per heavy atom. The molecule has 8 N–H and O–H groups in total. The number of hydrogen-bond donors (Lipinski definition) is 7. The molecule has 38 nitrogen and oxygen atoms in total. The summed E-state index contributed by atoms with van der Waals surface area (Å²) in [5, 5.41) is 54.7. The van der Waals surface area contributed by atoms with Gasteiger partial charge in [-0.15, -0.1) is 5.10 Å². The monoisotopic (exact) mass is 1870 g/mol. The summed E-state index contributed by atoms with van der Waals surface area (Å²) in [4.78, 5) is 136. The highest BCUT2D eigenvalue weighted by Gasteiger charge is 2.38. The predicted octanol–water partition coefficient (Wildman–Crippen LogP) is 12.4. The Labute approximate surface area is 796 Å². The Morgan fingerprint density at radius 3 is 0.971 bits per heavy atom. The SMILES string of the molecule is CC(C)c1cc(C(=O)N2CCC(n3cc(N)cn3)C2)n[nH]1.CC(C)c1cc(C(=O)N2CCC(n3ccccc3=O)C2)n[nH]1.CC(C)c1cc(C(=O)N2CC[C@@H](n3cccc(C(C)C)c3=O)C2)n[nH]1.CC(C)c1cc(C(=O)N2CC[C@@H](n3cccc(C4CC4)c3=O)C2)n[nH]1.Cc1cccn(C2CCN(C(=O)c3cc(C(C)C)[nH]n3)C2)c1=O.Cc1cn(C2CCN(C(=O)c3cc(C(C)C)[nH]n3)C2)nn1. The first kappa shape index (κ1) is 99.0. The van der Waals surface area contributed by atoms with E-state index in [1.807, 2.05) is 155 Å². The number of nitrogens with zero attached hydrogens (tertiary/aromatic N) is 21. The summed E-state index contributed by atoms with van der Waals surface area (Å²) in [6, 6.07) is 28.1. The lowest BCUT2D eigenvalue weighted by atomic mass is 10.1. The molecule has 728 valence electrons. The molecule has 6 aliphatic heterocycles. The van der Waals surface area contributed by atoms with E-state index in [2.05, 4.69) is 160 Å². The van der Waals surface area contributed by atoms with Crippen molar-refractivity contribution in [2.45, 2.75) is 246 Å². The molecule has 0 aromatic carbocycles. The summed E-state index contributed by atoms with van der Waals surface area (Å²) in [6.07, 6.45) is 19.8. The topological polar surface area (TPSA) is 456 Å². The Morgan fingerprint density at radius 2 is 0.657 bits per heavy atom. The number of carbonyl (C=O) groups excluding carboxylic acids is 6. The highest BCUT2D eigenvalue weighted by Crippen LogP contribution is 2.39. The van der Waals surface area contributed by atoms with Crippen LogP contribution >= 0.6 is 0 Å². The Hall–Kier alpha value is -14.0. The zero-order valence-corrected chi connectivity index (χ0v) is 81.5. The van der Waals surface area contributed by atoms with Crippen LogP contribution in [0.5, 0.6) is 0 Å². The van der Waals surface area contributed by atoms with Crippen molar-refractivity contribution < 1.29 is 28.8 Å². The molecule has 1 aliphatic carbocycles. The van der Waals surface area contributed by atoms with Crippen molar-refractivity contribution in [2.24, 2.45) is 0 Å². The van der Waals surface area contributed by atoms with Gasteiger partial charge in [-0.1, -0.05) is 126 Å². The van der Waals surface area contributed by atoms with Crippen LogP contribution in [-0.4, -0.2) is 248 Å². The number of hydrogen-bond acceptors (Lipinski definition) is 20. The maximum absolute atomic E-state index is 12.7. The molecule has 6 saturated heterocycles. The number of nitrogens with two attached hydrogens (primary N) is 1. The van der Waals surface area contributed by atoms with Crippen LogP contribution < -0.4 is 28.0 Å². The third-order valence-electron chi connectivity index (χ3n) is 26.6. The molecule has 0 spiro atoms. The fourth-order valence-corrected chi connectivity index (χ4v) is 17.8. The standard InChI is InChI=1S/C19H24N4O2.C19H26N4O2.C17H22N4O2.C16H20N4O2.2C14H20N6O/c1-12(2)16-10-17(21-20-16)19(25)22-9-7-14(11-22)23-8-3-4-15(18(23)24)13-5-6-13;1-12(2)15-6-5-8-23(18(15)24)14-7-9-22(11-14)19(25)17-10-16(13(3)4)20-21-17;1-11(2)14-9-15(19-18-14)17(23)20-8-6-13(10-20)21-7-4-5-12(3)16(21)22;1-11(2)13-9-14(18-17-13)16(22)19-8-6-12(10-19)20-7-4-3-5-15(20)21;1-9(2)12-6-13(17-16-12)14(21)19-5-4-11(8-19)20-7-10(3)15-18-20;1-9(2)12-5-13(18-17-12)14(21)19-4-3-11(8-19)20-7-10(15)6-16-20/h3-4,8,10,12-14H,5-7,9,11H2,1-2H3,(H,20,21);5-6,8,10,12-14H,7,9,11H2,1-4H3,(H,20,21);4-5,7,9,11,13H,6,8,10H2,1-3H3,(H,18,19);3-5,7,9,11-12H,6,8,10H2,1-2H3,(H,17,18);6-7,9,11H,4-5,8H2,1-3H3,(H,16,17);5-7,9,11H,3-4,8,15H2,1-2H3,(H,17,18)/t2*14-;;;;/m11..../s1. The largest absolute Gasteiger partial charge is 0.396 e. The third-order valence-corrected chi connectivity index (χ3v) is 26.6. The summed E-state index contributed by atoms with van der Waals surface area (Å²) in [5.74, 6) is 2.21. The number of nitrogens with one attached hydrogen (secondary N) is 6. The van der Waals surface area contributed by atoms with Gasteiger partial charge in [0.1, 0.15) is 34.2 Å². The van der Waals surface area contributed by atoms with Crippen molar-refractivity contribution >= 4 is 41.1 Å². The van der Waals surface area contributed by atoms with E-state index in [4.69, 9.17) is 5.73 Å². The second kappa shape index (κ2) is 43.8. The molecule has 4 unspecified atom stereocenters.